The number of halogens is 1. The molecule has 0 aliphatic carbocycles. The van der Waals surface area contributed by atoms with Crippen molar-refractivity contribution < 1.29 is 4.39 Å². The molecule has 4 nitrogen and oxygen atoms in total. The van der Waals surface area contributed by atoms with Crippen LogP contribution < -0.4 is 5.69 Å². The molecular formula is C4H6FN3O. The van der Waals surface area contributed by atoms with Gasteiger partial charge >= 0.3 is 11.8 Å². The minimum atomic E-state index is -0.762. The maximum atomic E-state index is 12.2. The summed E-state index contributed by atoms with van der Waals surface area (Å²) in [6, 6.07) is 0. The zero-order chi connectivity index (χ0) is 7.02. The molecule has 0 atom stereocenters. The topological polar surface area (TPSA) is 39.8 Å². The van der Waals surface area contributed by atoms with Crippen molar-refractivity contribution in [1.29, 1.82) is 0 Å². The van der Waals surface area contributed by atoms with E-state index in [4.69, 9.17) is 0 Å². The molecule has 0 aromatic carbocycles. The van der Waals surface area contributed by atoms with Gasteiger partial charge in [-0.15, -0.1) is 5.10 Å². The van der Waals surface area contributed by atoms with Crippen LogP contribution in [0.2, 0.25) is 0 Å². The van der Waals surface area contributed by atoms with Gasteiger partial charge in [0.15, 0.2) is 0 Å². The second kappa shape index (κ2) is 1.68. The molecule has 0 fully saturated rings. The average Bonchev–Trinajstić information content (AvgIpc) is 1.98. The van der Waals surface area contributed by atoms with Crippen molar-refractivity contribution in [2.24, 2.45) is 14.1 Å². The van der Waals surface area contributed by atoms with Crippen LogP contribution in [-0.2, 0) is 14.1 Å². The van der Waals surface area contributed by atoms with Gasteiger partial charge in [0.25, 0.3) is 0 Å². The normalized spacial score (nSPS) is 10.1. The molecule has 0 aliphatic rings. The molecule has 0 amide bonds. The first-order chi connectivity index (χ1) is 4.13. The largest absolute Gasteiger partial charge is 0.347 e. The number of rotatable bonds is 0. The van der Waals surface area contributed by atoms with Crippen molar-refractivity contribution in [3.8, 4) is 0 Å². The molecule has 9 heavy (non-hydrogen) atoms. The van der Waals surface area contributed by atoms with E-state index in [1.54, 1.807) is 0 Å². The van der Waals surface area contributed by atoms with E-state index in [-0.39, 0.29) is 0 Å². The van der Waals surface area contributed by atoms with Gasteiger partial charge in [-0.3, -0.25) is 4.57 Å². The fraction of sp³-hybridized carbons (Fsp3) is 0.500. The summed E-state index contributed by atoms with van der Waals surface area (Å²) in [4.78, 5) is 10.6. The molecular weight excluding hydrogens is 125 g/mol. The monoisotopic (exact) mass is 131 g/mol. The maximum absolute atomic E-state index is 12.2. The summed E-state index contributed by atoms with van der Waals surface area (Å²) in [5, 5.41) is 3.21. The first-order valence-electron chi connectivity index (χ1n) is 2.38. The number of aryl methyl sites for hydroxylation is 1. The molecule has 1 aromatic rings. The number of nitrogens with zero attached hydrogens (tertiary/aromatic N) is 3. The summed E-state index contributed by atoms with van der Waals surface area (Å²) in [7, 11) is 2.72. The van der Waals surface area contributed by atoms with Crippen LogP contribution in [0, 0.1) is 6.08 Å². The van der Waals surface area contributed by atoms with Gasteiger partial charge in [0.2, 0.25) is 0 Å². The van der Waals surface area contributed by atoms with Crippen LogP contribution in [0.3, 0.4) is 0 Å². The summed E-state index contributed by atoms with van der Waals surface area (Å²) in [5.41, 5.74) is -0.451. The predicted molar refractivity (Wildman–Crippen MR) is 28.4 cm³/mol. The molecule has 0 N–H and O–H groups in total. The Morgan fingerprint density at radius 3 is 2.22 bits per heavy atom. The fourth-order valence-electron chi connectivity index (χ4n) is 0.530. The van der Waals surface area contributed by atoms with Crippen molar-refractivity contribution >= 4 is 0 Å². The van der Waals surface area contributed by atoms with Crippen LogP contribution in [0.1, 0.15) is 0 Å². The lowest BCUT2D eigenvalue weighted by Crippen LogP contribution is -2.20. The highest BCUT2D eigenvalue weighted by Gasteiger charge is 2.03. The third kappa shape index (κ3) is 0.737. The van der Waals surface area contributed by atoms with Crippen molar-refractivity contribution in [3.63, 3.8) is 0 Å². The van der Waals surface area contributed by atoms with E-state index in [1.165, 1.54) is 14.1 Å². The average molecular weight is 131 g/mol. The molecule has 0 spiro atoms. The van der Waals surface area contributed by atoms with Gasteiger partial charge in [-0.05, 0) is 0 Å². The molecule has 1 rings (SSSR count). The van der Waals surface area contributed by atoms with Crippen LogP contribution in [0.4, 0.5) is 4.39 Å². The quantitative estimate of drug-likeness (QED) is 0.465. The third-order valence-corrected chi connectivity index (χ3v) is 1.07. The minimum absolute atomic E-state index is 0.451. The Labute approximate surface area is 50.5 Å². The van der Waals surface area contributed by atoms with E-state index in [0.717, 1.165) is 9.25 Å². The molecule has 0 unspecified atom stereocenters. The summed E-state index contributed by atoms with van der Waals surface area (Å²) in [6.07, 6.45) is -0.762. The van der Waals surface area contributed by atoms with Crippen LogP contribution >= 0.6 is 0 Å². The first kappa shape index (κ1) is 6.00. The maximum Gasteiger partial charge on any atom is 0.347 e. The lowest BCUT2D eigenvalue weighted by molar-refractivity contribution is 0.488. The second-order valence-electron chi connectivity index (χ2n) is 1.73. The molecule has 0 saturated heterocycles. The van der Waals surface area contributed by atoms with Crippen molar-refractivity contribution in [3.05, 3.63) is 16.6 Å². The summed E-state index contributed by atoms with van der Waals surface area (Å²) in [6.45, 7) is 0. The van der Waals surface area contributed by atoms with Crippen LogP contribution in [0.5, 0.6) is 0 Å². The van der Waals surface area contributed by atoms with E-state index in [9.17, 15) is 9.18 Å². The van der Waals surface area contributed by atoms with Gasteiger partial charge in [0, 0.05) is 14.1 Å². The Kier molecular flexibility index (Phi) is 1.12. The highest BCUT2D eigenvalue weighted by atomic mass is 19.1. The van der Waals surface area contributed by atoms with Crippen molar-refractivity contribution in [2.45, 2.75) is 0 Å². The standard InChI is InChI=1S/C4H6FN3O/c1-7-3(5)6-8(2)4(7)9/h1-2H3. The highest BCUT2D eigenvalue weighted by molar-refractivity contribution is 4.65. The van der Waals surface area contributed by atoms with Crippen LogP contribution in [0.25, 0.3) is 0 Å². The number of aromatic nitrogens is 3. The van der Waals surface area contributed by atoms with Gasteiger partial charge in [-0.2, -0.15) is 4.39 Å². The minimum Gasteiger partial charge on any atom is -0.254 e. The SMILES string of the molecule is Cn1nc(F)n(C)c1=O. The van der Waals surface area contributed by atoms with Gasteiger partial charge < -0.3 is 0 Å². The third-order valence-electron chi connectivity index (χ3n) is 1.07. The van der Waals surface area contributed by atoms with Crippen LogP contribution in [-0.4, -0.2) is 14.3 Å². The van der Waals surface area contributed by atoms with E-state index in [1.807, 2.05) is 0 Å². The zero-order valence-corrected chi connectivity index (χ0v) is 5.13. The molecule has 1 aromatic heterocycles. The summed E-state index contributed by atoms with van der Waals surface area (Å²) in [5.74, 6) is 0. The zero-order valence-electron chi connectivity index (χ0n) is 5.13. The van der Waals surface area contributed by atoms with Gasteiger partial charge in [-0.25, -0.2) is 9.48 Å². The van der Waals surface area contributed by atoms with E-state index >= 15 is 0 Å². The molecule has 0 bridgehead atoms. The lowest BCUT2D eigenvalue weighted by atomic mass is 11.0. The lowest BCUT2D eigenvalue weighted by Gasteiger charge is -1.80. The molecule has 0 aliphatic heterocycles. The predicted octanol–water partition coefficient (Wildman–Crippen LogP) is -0.742. The molecule has 0 radical (unpaired) electrons. The number of hydrogen-bond donors (Lipinski definition) is 0. The van der Waals surface area contributed by atoms with Gasteiger partial charge in [0.1, 0.15) is 0 Å². The summed E-state index contributed by atoms with van der Waals surface area (Å²) >= 11 is 0. The van der Waals surface area contributed by atoms with Crippen molar-refractivity contribution in [2.75, 3.05) is 0 Å². The first-order valence-corrected chi connectivity index (χ1v) is 2.38. The van der Waals surface area contributed by atoms with E-state index in [0.29, 0.717) is 0 Å². The second-order valence-corrected chi connectivity index (χ2v) is 1.73. The Morgan fingerprint density at radius 1 is 1.56 bits per heavy atom. The van der Waals surface area contributed by atoms with Crippen molar-refractivity contribution in [1.82, 2.24) is 14.3 Å². The van der Waals surface area contributed by atoms with Crippen LogP contribution in [0.15, 0.2) is 4.79 Å². The Bertz CT molecular complexity index is 274. The Hall–Kier alpha value is -1.13. The molecule has 0 saturated carbocycles. The molecule has 1 heterocycles. The highest BCUT2D eigenvalue weighted by Crippen LogP contribution is 1.80. The molecule has 5 heteroatoms. The van der Waals surface area contributed by atoms with E-state index in [2.05, 4.69) is 5.10 Å². The smallest absolute Gasteiger partial charge is 0.254 e. The molecule has 50 valence electrons. The Morgan fingerprint density at radius 2 is 2.11 bits per heavy atom. The van der Waals surface area contributed by atoms with E-state index < -0.39 is 11.8 Å². The van der Waals surface area contributed by atoms with Gasteiger partial charge in [-0.1, -0.05) is 0 Å². The fourth-order valence-corrected chi connectivity index (χ4v) is 0.530. The summed E-state index contributed by atoms with van der Waals surface area (Å²) < 4.78 is 14.0. The Balaban J connectivity index is 3.48. The number of hydrogen-bond acceptors (Lipinski definition) is 2. The van der Waals surface area contributed by atoms with Gasteiger partial charge in [0.05, 0.1) is 0 Å².